The summed E-state index contributed by atoms with van der Waals surface area (Å²) in [6.45, 7) is 7.05. The molecule has 1 heterocycles. The van der Waals surface area contributed by atoms with Crippen LogP contribution in [0, 0.1) is 6.92 Å². The highest BCUT2D eigenvalue weighted by atomic mass is 16.5. The molecule has 26 heavy (non-hydrogen) atoms. The van der Waals surface area contributed by atoms with Crippen molar-refractivity contribution in [2.75, 3.05) is 13.2 Å². The van der Waals surface area contributed by atoms with E-state index in [1.807, 2.05) is 63.2 Å². The van der Waals surface area contributed by atoms with Crippen molar-refractivity contribution in [1.82, 2.24) is 15.2 Å². The lowest BCUT2D eigenvalue weighted by Crippen LogP contribution is -2.14. The molecule has 6 nitrogen and oxygen atoms in total. The Hall–Kier alpha value is -2.86. The minimum atomic E-state index is -0.434. The average molecular weight is 352 g/mol. The van der Waals surface area contributed by atoms with Crippen molar-refractivity contribution in [3.63, 3.8) is 0 Å². The second kappa shape index (κ2) is 8.01. The van der Waals surface area contributed by atoms with Gasteiger partial charge in [0.15, 0.2) is 17.3 Å². The Bertz CT molecular complexity index is 876. The first kappa shape index (κ1) is 17.9. The highest BCUT2D eigenvalue weighted by Crippen LogP contribution is 2.31. The molecular formula is C20H24N4O2. The Kier molecular flexibility index (Phi) is 5.53. The van der Waals surface area contributed by atoms with E-state index in [0.29, 0.717) is 36.4 Å². The van der Waals surface area contributed by atoms with Crippen LogP contribution in [0.25, 0.3) is 11.4 Å². The number of nitrogens with one attached hydrogen (secondary N) is 1. The van der Waals surface area contributed by atoms with Crippen molar-refractivity contribution < 1.29 is 9.47 Å². The van der Waals surface area contributed by atoms with Crippen LogP contribution in [0.2, 0.25) is 0 Å². The van der Waals surface area contributed by atoms with E-state index in [2.05, 4.69) is 15.2 Å². The van der Waals surface area contributed by atoms with Crippen molar-refractivity contribution in [2.24, 2.45) is 5.73 Å². The number of rotatable bonds is 7. The normalized spacial score (nSPS) is 12.0. The predicted octanol–water partition coefficient (Wildman–Crippen LogP) is 3.63. The molecule has 136 valence electrons. The molecule has 3 N–H and O–H groups in total. The third-order valence-corrected chi connectivity index (χ3v) is 4.00. The molecule has 0 amide bonds. The fraction of sp³-hybridized carbons (Fsp3) is 0.300. The maximum Gasteiger partial charge on any atom is 0.181 e. The van der Waals surface area contributed by atoms with E-state index in [1.165, 1.54) is 0 Å². The second-order valence-electron chi connectivity index (χ2n) is 5.96. The number of nitrogens with two attached hydrogens (primary N) is 1. The van der Waals surface area contributed by atoms with Gasteiger partial charge in [0.1, 0.15) is 5.82 Å². The molecule has 0 aliphatic heterocycles. The monoisotopic (exact) mass is 352 g/mol. The summed E-state index contributed by atoms with van der Waals surface area (Å²) >= 11 is 0. The number of benzene rings is 2. The summed E-state index contributed by atoms with van der Waals surface area (Å²) in [5.74, 6) is 2.63. The van der Waals surface area contributed by atoms with Crippen LogP contribution in [0.4, 0.5) is 0 Å². The van der Waals surface area contributed by atoms with Gasteiger partial charge in [0.05, 0.1) is 19.3 Å². The molecule has 3 rings (SSSR count). The number of aromatic nitrogens is 3. The molecule has 3 aromatic rings. The average Bonchev–Trinajstić information content (AvgIpc) is 3.13. The molecular weight excluding hydrogens is 328 g/mol. The van der Waals surface area contributed by atoms with Gasteiger partial charge in [-0.05, 0) is 44.5 Å². The molecule has 0 fully saturated rings. The lowest BCUT2D eigenvalue weighted by atomic mass is 10.1. The number of hydrogen-bond acceptors (Lipinski definition) is 5. The van der Waals surface area contributed by atoms with Crippen LogP contribution >= 0.6 is 0 Å². The Morgan fingerprint density at radius 3 is 2.54 bits per heavy atom. The minimum Gasteiger partial charge on any atom is -0.490 e. The molecule has 1 aromatic heterocycles. The fourth-order valence-corrected chi connectivity index (χ4v) is 2.75. The smallest absolute Gasteiger partial charge is 0.181 e. The van der Waals surface area contributed by atoms with Gasteiger partial charge in [-0.15, -0.1) is 0 Å². The van der Waals surface area contributed by atoms with Gasteiger partial charge in [0.25, 0.3) is 0 Å². The van der Waals surface area contributed by atoms with E-state index in [9.17, 15) is 0 Å². The third kappa shape index (κ3) is 3.86. The number of hydrogen-bond donors (Lipinski definition) is 2. The predicted molar refractivity (Wildman–Crippen MR) is 101 cm³/mol. The zero-order valence-corrected chi connectivity index (χ0v) is 15.3. The van der Waals surface area contributed by atoms with Gasteiger partial charge in [-0.3, -0.25) is 5.10 Å². The number of aromatic amines is 1. The molecule has 0 unspecified atom stereocenters. The van der Waals surface area contributed by atoms with E-state index >= 15 is 0 Å². The maximum absolute atomic E-state index is 6.40. The van der Waals surface area contributed by atoms with E-state index < -0.39 is 6.04 Å². The van der Waals surface area contributed by atoms with Gasteiger partial charge < -0.3 is 15.2 Å². The van der Waals surface area contributed by atoms with Gasteiger partial charge in [-0.1, -0.05) is 29.8 Å². The molecule has 0 aliphatic rings. The standard InChI is InChI=1S/C20H24N4O2/c1-4-25-16-10-9-14(12-17(16)26-5-2)18(21)20-22-19(23-24-20)15-8-6-7-13(3)11-15/h6-12,18H,4-5,21H2,1-3H3,(H,22,23,24)/t18-/m0/s1. The molecule has 0 aliphatic carbocycles. The van der Waals surface area contributed by atoms with Gasteiger partial charge in [0, 0.05) is 5.56 Å². The van der Waals surface area contributed by atoms with Crippen molar-refractivity contribution in [2.45, 2.75) is 26.8 Å². The summed E-state index contributed by atoms with van der Waals surface area (Å²) in [6.07, 6.45) is 0. The second-order valence-corrected chi connectivity index (χ2v) is 5.96. The van der Waals surface area contributed by atoms with Gasteiger partial charge >= 0.3 is 0 Å². The van der Waals surface area contributed by atoms with Crippen LogP contribution in [0.1, 0.15) is 36.8 Å². The number of ether oxygens (including phenoxy) is 2. The molecule has 1 atom stereocenters. The lowest BCUT2D eigenvalue weighted by molar-refractivity contribution is 0.287. The van der Waals surface area contributed by atoms with E-state index in [1.54, 1.807) is 0 Å². The van der Waals surface area contributed by atoms with E-state index in [4.69, 9.17) is 15.2 Å². The maximum atomic E-state index is 6.40. The summed E-state index contributed by atoms with van der Waals surface area (Å²) in [5.41, 5.74) is 9.39. The highest BCUT2D eigenvalue weighted by molar-refractivity contribution is 5.55. The molecule has 2 aromatic carbocycles. The van der Waals surface area contributed by atoms with E-state index in [-0.39, 0.29) is 0 Å². The van der Waals surface area contributed by atoms with Crippen molar-refractivity contribution in [3.05, 3.63) is 59.4 Å². The van der Waals surface area contributed by atoms with Crippen LogP contribution in [-0.4, -0.2) is 28.4 Å². The Morgan fingerprint density at radius 2 is 1.81 bits per heavy atom. The van der Waals surface area contributed by atoms with Crippen molar-refractivity contribution in [1.29, 1.82) is 0 Å². The summed E-state index contributed by atoms with van der Waals surface area (Å²) < 4.78 is 11.3. The Morgan fingerprint density at radius 1 is 1.04 bits per heavy atom. The fourth-order valence-electron chi connectivity index (χ4n) is 2.75. The van der Waals surface area contributed by atoms with Gasteiger partial charge in [-0.25, -0.2) is 4.98 Å². The van der Waals surface area contributed by atoms with Gasteiger partial charge in [0.2, 0.25) is 0 Å². The minimum absolute atomic E-state index is 0.434. The van der Waals surface area contributed by atoms with Crippen LogP contribution in [0.15, 0.2) is 42.5 Å². The molecule has 0 spiro atoms. The van der Waals surface area contributed by atoms with Crippen LogP contribution in [0.5, 0.6) is 11.5 Å². The molecule has 0 bridgehead atoms. The van der Waals surface area contributed by atoms with E-state index in [0.717, 1.165) is 16.7 Å². The molecule has 0 saturated heterocycles. The topological polar surface area (TPSA) is 86.0 Å². The Labute approximate surface area is 153 Å². The SMILES string of the molecule is CCOc1ccc([C@H](N)c2nc(-c3cccc(C)c3)n[nH]2)cc1OCC. The summed E-state index contributed by atoms with van der Waals surface area (Å²) in [5, 5.41) is 7.26. The number of H-pyrrole nitrogens is 1. The van der Waals surface area contributed by atoms with Crippen molar-refractivity contribution in [3.8, 4) is 22.9 Å². The first-order chi connectivity index (χ1) is 12.6. The lowest BCUT2D eigenvalue weighted by Gasteiger charge is -2.14. The zero-order chi connectivity index (χ0) is 18.5. The molecule has 6 heteroatoms. The number of nitrogens with zero attached hydrogens (tertiary/aromatic N) is 2. The molecule has 0 radical (unpaired) electrons. The summed E-state index contributed by atoms with van der Waals surface area (Å²) in [4.78, 5) is 4.57. The third-order valence-electron chi connectivity index (χ3n) is 4.00. The summed E-state index contributed by atoms with van der Waals surface area (Å²) in [7, 11) is 0. The zero-order valence-electron chi connectivity index (χ0n) is 15.3. The first-order valence-electron chi connectivity index (χ1n) is 8.76. The quantitative estimate of drug-likeness (QED) is 0.678. The van der Waals surface area contributed by atoms with Crippen LogP contribution in [0.3, 0.4) is 0 Å². The van der Waals surface area contributed by atoms with Crippen LogP contribution < -0.4 is 15.2 Å². The van der Waals surface area contributed by atoms with Gasteiger partial charge in [-0.2, -0.15) is 5.10 Å². The summed E-state index contributed by atoms with van der Waals surface area (Å²) in [6, 6.07) is 13.3. The van der Waals surface area contributed by atoms with Crippen LogP contribution in [-0.2, 0) is 0 Å². The largest absolute Gasteiger partial charge is 0.490 e. The first-order valence-corrected chi connectivity index (χ1v) is 8.76. The Balaban J connectivity index is 1.87. The highest BCUT2D eigenvalue weighted by Gasteiger charge is 2.17. The van der Waals surface area contributed by atoms with Crippen molar-refractivity contribution >= 4 is 0 Å². The molecule has 0 saturated carbocycles. The number of aryl methyl sites for hydroxylation is 1.